The molecule has 0 spiro atoms. The number of hydrogen-bond donors (Lipinski definition) is 0. The summed E-state index contributed by atoms with van der Waals surface area (Å²) in [6.07, 6.45) is 0. The van der Waals surface area contributed by atoms with Crippen molar-refractivity contribution >= 4 is 17.8 Å². The molecule has 0 bridgehead atoms. The topological polar surface area (TPSA) is 17.1 Å². The van der Waals surface area contributed by atoms with Gasteiger partial charge in [0.1, 0.15) is 0 Å². The van der Waals surface area contributed by atoms with Crippen LogP contribution in [0.2, 0.25) is 10.9 Å². The third-order valence-electron chi connectivity index (χ3n) is 2.15. The molecule has 0 aliphatic carbocycles. The minimum absolute atomic E-state index is 0.807. The average molecular weight is 226 g/mol. The Labute approximate surface area is 76.5 Å². The van der Waals surface area contributed by atoms with Gasteiger partial charge in [-0.15, -0.1) is 0 Å². The summed E-state index contributed by atoms with van der Waals surface area (Å²) < 4.78 is 13.1. The van der Waals surface area contributed by atoms with Crippen LogP contribution in [0.1, 0.15) is 12.5 Å². The van der Waals surface area contributed by atoms with Crippen LogP contribution in [0.3, 0.4) is 0 Å². The van der Waals surface area contributed by atoms with E-state index in [4.69, 9.17) is 0 Å². The number of rotatable bonds is 2. The van der Waals surface area contributed by atoms with E-state index in [0.29, 0.717) is 0 Å². The molecule has 1 atom stereocenters. The molecule has 1 unspecified atom stereocenters. The van der Waals surface area contributed by atoms with Crippen molar-refractivity contribution in [2.24, 2.45) is 0 Å². The van der Waals surface area contributed by atoms with E-state index < -0.39 is 13.5 Å². The summed E-state index contributed by atoms with van der Waals surface area (Å²) in [5.74, 6) is 0. The maximum atomic E-state index is 12.0. The normalized spacial score (nSPS) is 15.6. The van der Waals surface area contributed by atoms with Gasteiger partial charge in [0.15, 0.2) is 0 Å². The first-order valence-corrected chi connectivity index (χ1v) is 9.11. The molecular weight excluding hydrogens is 211 g/mol. The summed E-state index contributed by atoms with van der Waals surface area (Å²) in [6.45, 7) is 4.04. The first-order valence-electron chi connectivity index (χ1n) is 4.20. The van der Waals surface area contributed by atoms with Crippen molar-refractivity contribution < 1.29 is 3.74 Å². The van der Waals surface area contributed by atoms with Crippen LogP contribution in [0, 0.1) is 6.92 Å². The fourth-order valence-electron chi connectivity index (χ4n) is 1.10. The van der Waals surface area contributed by atoms with E-state index in [-0.39, 0.29) is 0 Å². The Balaban J connectivity index is 3.12. The Morgan fingerprint density at radius 1 is 1.42 bits per heavy atom. The van der Waals surface area contributed by atoms with Gasteiger partial charge in [-0.05, 0) is 0 Å². The van der Waals surface area contributed by atoms with Gasteiger partial charge in [-0.2, -0.15) is 0 Å². The van der Waals surface area contributed by atoms with Gasteiger partial charge in [-0.1, -0.05) is 0 Å². The van der Waals surface area contributed by atoms with Gasteiger partial charge in [0.25, 0.3) is 0 Å². The van der Waals surface area contributed by atoms with Crippen LogP contribution in [-0.4, -0.2) is 13.5 Å². The van der Waals surface area contributed by atoms with Crippen LogP contribution < -0.4 is 4.35 Å². The number of aryl methyl sites for hydroxylation is 1. The summed E-state index contributed by atoms with van der Waals surface area (Å²) in [5, 5.41) is 0.807. The molecule has 2 heteroatoms. The zero-order valence-electron chi connectivity index (χ0n) is 7.87. The predicted octanol–water partition coefficient (Wildman–Crippen LogP) is 2.23. The van der Waals surface area contributed by atoms with Crippen molar-refractivity contribution in [1.82, 2.24) is 0 Å². The van der Waals surface area contributed by atoms with Gasteiger partial charge in [-0.3, -0.25) is 0 Å². The summed E-state index contributed by atoms with van der Waals surface area (Å²) in [7, 11) is 0. The van der Waals surface area contributed by atoms with E-state index in [1.165, 1.54) is 5.56 Å². The Hall–Kier alpha value is -0.422. The number of hydrogen-bond acceptors (Lipinski definition) is 1. The molecule has 0 amide bonds. The molecule has 0 aliphatic rings. The van der Waals surface area contributed by atoms with Crippen LogP contribution in [0.15, 0.2) is 24.3 Å². The molecule has 0 N–H and O–H groups in total. The third-order valence-corrected chi connectivity index (χ3v) is 7.56. The van der Waals surface area contributed by atoms with Crippen LogP contribution in [-0.2, 0) is 3.74 Å². The first kappa shape index (κ1) is 9.66. The zero-order chi connectivity index (χ0) is 9.19. The SMILES string of the molecule is CC[As](C)(=O)c1cccc(C)c1. The van der Waals surface area contributed by atoms with Gasteiger partial charge >= 0.3 is 76.2 Å². The average Bonchev–Trinajstić information content (AvgIpc) is 2.05. The van der Waals surface area contributed by atoms with Crippen molar-refractivity contribution in [2.75, 3.05) is 0 Å². The van der Waals surface area contributed by atoms with Crippen molar-refractivity contribution in [2.45, 2.75) is 24.8 Å². The van der Waals surface area contributed by atoms with Crippen LogP contribution in [0.4, 0.5) is 0 Å². The molecule has 0 fully saturated rings. The molecule has 0 radical (unpaired) electrons. The molecular formula is C10H15AsO. The van der Waals surface area contributed by atoms with Crippen LogP contribution in [0.25, 0.3) is 0 Å². The molecule has 66 valence electrons. The van der Waals surface area contributed by atoms with E-state index in [0.717, 1.165) is 9.56 Å². The van der Waals surface area contributed by atoms with Crippen molar-refractivity contribution in [3.63, 3.8) is 0 Å². The third kappa shape index (κ3) is 2.04. The Kier molecular flexibility index (Phi) is 2.84. The Morgan fingerprint density at radius 2 is 2.08 bits per heavy atom. The fraction of sp³-hybridized carbons (Fsp3) is 0.400. The van der Waals surface area contributed by atoms with Gasteiger partial charge in [-0.25, -0.2) is 0 Å². The van der Waals surface area contributed by atoms with E-state index in [2.05, 4.69) is 0 Å². The molecule has 0 heterocycles. The Bertz CT molecular complexity index is 317. The molecule has 1 nitrogen and oxygen atoms in total. The molecule has 0 aromatic heterocycles. The summed E-state index contributed by atoms with van der Waals surface area (Å²) in [5.41, 5.74) is 3.11. The second kappa shape index (κ2) is 3.53. The van der Waals surface area contributed by atoms with Crippen LogP contribution in [0.5, 0.6) is 0 Å². The second-order valence-electron chi connectivity index (χ2n) is 3.26. The number of benzene rings is 1. The molecule has 1 aromatic carbocycles. The van der Waals surface area contributed by atoms with E-state index in [1.807, 2.05) is 43.8 Å². The van der Waals surface area contributed by atoms with Crippen molar-refractivity contribution in [3.8, 4) is 0 Å². The maximum absolute atomic E-state index is 12.0. The molecule has 12 heavy (non-hydrogen) atoms. The first-order chi connectivity index (χ1) is 5.56. The molecule has 0 saturated heterocycles. The van der Waals surface area contributed by atoms with Gasteiger partial charge in [0.05, 0.1) is 0 Å². The zero-order valence-corrected chi connectivity index (χ0v) is 9.75. The Morgan fingerprint density at radius 3 is 2.58 bits per heavy atom. The summed E-state index contributed by atoms with van der Waals surface area (Å²) in [6, 6.07) is 8.05. The van der Waals surface area contributed by atoms with Gasteiger partial charge in [0, 0.05) is 0 Å². The second-order valence-corrected chi connectivity index (χ2v) is 10.3. The molecule has 0 saturated carbocycles. The van der Waals surface area contributed by atoms with Gasteiger partial charge in [0.2, 0.25) is 0 Å². The minimum atomic E-state index is -2.67. The quantitative estimate of drug-likeness (QED) is 0.707. The van der Waals surface area contributed by atoms with Gasteiger partial charge < -0.3 is 0 Å². The summed E-state index contributed by atoms with van der Waals surface area (Å²) >= 11 is -2.67. The van der Waals surface area contributed by atoms with Crippen molar-refractivity contribution in [1.29, 1.82) is 0 Å². The van der Waals surface area contributed by atoms with E-state index in [1.54, 1.807) is 0 Å². The van der Waals surface area contributed by atoms with Crippen LogP contribution >= 0.6 is 0 Å². The monoisotopic (exact) mass is 226 g/mol. The van der Waals surface area contributed by atoms with E-state index in [9.17, 15) is 3.74 Å². The molecule has 1 rings (SSSR count). The fourth-order valence-corrected chi connectivity index (χ4v) is 3.71. The molecule has 1 aromatic rings. The predicted molar refractivity (Wildman–Crippen MR) is 53.6 cm³/mol. The molecule has 0 aliphatic heterocycles. The van der Waals surface area contributed by atoms with E-state index >= 15 is 0 Å². The van der Waals surface area contributed by atoms with Crippen molar-refractivity contribution in [3.05, 3.63) is 29.8 Å². The summed E-state index contributed by atoms with van der Waals surface area (Å²) in [4.78, 5) is 0. The standard InChI is InChI=1S/C10H15AsO/c1-4-11(3,12)10-7-5-6-9(2)8-10/h5-8H,4H2,1-3H3.